The Balaban J connectivity index is 2.46. The van der Waals surface area contributed by atoms with Crippen LogP contribution < -0.4 is 11.3 Å². The lowest BCUT2D eigenvalue weighted by Gasteiger charge is -2.18. The fourth-order valence-corrected chi connectivity index (χ4v) is 1.98. The summed E-state index contributed by atoms with van der Waals surface area (Å²) in [6, 6.07) is 6.31. The Labute approximate surface area is 113 Å². The smallest absolute Gasteiger partial charge is 0.141 e. The molecule has 0 saturated heterocycles. The average Bonchev–Trinajstić information content (AvgIpc) is 2.37. The standard InChI is InChI=1S/C13H10ClF3N2/c14-10-5-7(1-4-11(10)16)13(19-18)9-3-2-8(15)6-12(9)17/h1-6,13,19H,18H2. The first-order valence-electron chi connectivity index (χ1n) is 5.39. The van der Waals surface area contributed by atoms with E-state index < -0.39 is 23.5 Å². The molecular formula is C13H10ClF3N2. The number of nitrogens with one attached hydrogen (secondary N) is 1. The molecule has 6 heteroatoms. The van der Waals surface area contributed by atoms with Gasteiger partial charge >= 0.3 is 0 Å². The summed E-state index contributed by atoms with van der Waals surface area (Å²) in [5.74, 6) is 3.37. The summed E-state index contributed by atoms with van der Waals surface area (Å²) in [5.41, 5.74) is 3.01. The Morgan fingerprint density at radius 2 is 1.74 bits per heavy atom. The van der Waals surface area contributed by atoms with E-state index in [1.807, 2.05) is 0 Å². The monoisotopic (exact) mass is 286 g/mol. The quantitative estimate of drug-likeness (QED) is 0.671. The number of benzene rings is 2. The molecule has 0 aliphatic rings. The summed E-state index contributed by atoms with van der Waals surface area (Å²) in [7, 11) is 0. The van der Waals surface area contributed by atoms with Gasteiger partial charge in [-0.05, 0) is 23.8 Å². The predicted octanol–water partition coefficient (Wildman–Crippen LogP) is 3.31. The van der Waals surface area contributed by atoms with Crippen LogP contribution in [0.25, 0.3) is 0 Å². The van der Waals surface area contributed by atoms with Gasteiger partial charge in [-0.3, -0.25) is 5.84 Å². The molecule has 0 aliphatic carbocycles. The van der Waals surface area contributed by atoms with E-state index in [2.05, 4.69) is 5.43 Å². The zero-order valence-corrected chi connectivity index (χ0v) is 10.4. The van der Waals surface area contributed by atoms with Crippen molar-refractivity contribution in [3.8, 4) is 0 Å². The van der Waals surface area contributed by atoms with E-state index in [4.69, 9.17) is 17.4 Å². The molecule has 1 atom stereocenters. The van der Waals surface area contributed by atoms with Crippen LogP contribution in [-0.4, -0.2) is 0 Å². The fraction of sp³-hybridized carbons (Fsp3) is 0.0769. The minimum absolute atomic E-state index is 0.0970. The Hall–Kier alpha value is -1.56. The van der Waals surface area contributed by atoms with Gasteiger partial charge in [-0.2, -0.15) is 0 Å². The number of rotatable bonds is 3. The van der Waals surface area contributed by atoms with Crippen molar-refractivity contribution < 1.29 is 13.2 Å². The van der Waals surface area contributed by atoms with E-state index in [-0.39, 0.29) is 10.6 Å². The Bertz CT molecular complexity index is 604. The summed E-state index contributed by atoms with van der Waals surface area (Å²) in [6.45, 7) is 0. The van der Waals surface area contributed by atoms with Gasteiger partial charge in [0.25, 0.3) is 0 Å². The summed E-state index contributed by atoms with van der Waals surface area (Å²) in [4.78, 5) is 0. The molecular weight excluding hydrogens is 277 g/mol. The number of hydrogen-bond donors (Lipinski definition) is 2. The lowest BCUT2D eigenvalue weighted by Crippen LogP contribution is -2.29. The van der Waals surface area contributed by atoms with Gasteiger partial charge in [0.15, 0.2) is 0 Å². The van der Waals surface area contributed by atoms with Gasteiger partial charge in [0.1, 0.15) is 17.5 Å². The molecule has 0 spiro atoms. The van der Waals surface area contributed by atoms with Gasteiger partial charge in [0, 0.05) is 11.6 Å². The predicted molar refractivity (Wildman–Crippen MR) is 66.9 cm³/mol. The molecule has 2 rings (SSSR count). The number of nitrogens with two attached hydrogens (primary N) is 1. The van der Waals surface area contributed by atoms with Crippen molar-refractivity contribution in [3.05, 3.63) is 70.0 Å². The zero-order chi connectivity index (χ0) is 14.0. The van der Waals surface area contributed by atoms with Crippen molar-refractivity contribution in [1.82, 2.24) is 5.43 Å². The van der Waals surface area contributed by atoms with E-state index >= 15 is 0 Å². The minimum atomic E-state index is -0.751. The van der Waals surface area contributed by atoms with Crippen molar-refractivity contribution in [2.24, 2.45) is 5.84 Å². The third-order valence-corrected chi connectivity index (χ3v) is 3.01. The normalized spacial score (nSPS) is 12.5. The molecule has 0 aromatic heterocycles. The molecule has 19 heavy (non-hydrogen) atoms. The van der Waals surface area contributed by atoms with Crippen LogP contribution in [-0.2, 0) is 0 Å². The molecule has 0 aliphatic heterocycles. The highest BCUT2D eigenvalue weighted by atomic mass is 35.5. The maximum absolute atomic E-state index is 13.7. The first-order valence-corrected chi connectivity index (χ1v) is 5.76. The van der Waals surface area contributed by atoms with E-state index in [1.165, 1.54) is 18.2 Å². The highest BCUT2D eigenvalue weighted by molar-refractivity contribution is 6.30. The molecule has 1 unspecified atom stereocenters. The molecule has 100 valence electrons. The van der Waals surface area contributed by atoms with Crippen LogP contribution in [0.2, 0.25) is 5.02 Å². The average molecular weight is 287 g/mol. The molecule has 3 N–H and O–H groups in total. The van der Waals surface area contributed by atoms with Crippen LogP contribution in [0.1, 0.15) is 17.2 Å². The van der Waals surface area contributed by atoms with E-state index in [9.17, 15) is 13.2 Å². The topological polar surface area (TPSA) is 38.0 Å². The third-order valence-electron chi connectivity index (χ3n) is 2.72. The van der Waals surface area contributed by atoms with Crippen molar-refractivity contribution in [2.75, 3.05) is 0 Å². The summed E-state index contributed by atoms with van der Waals surface area (Å²) in [6.07, 6.45) is 0. The van der Waals surface area contributed by atoms with Gasteiger partial charge in [-0.1, -0.05) is 23.7 Å². The Morgan fingerprint density at radius 1 is 1.00 bits per heavy atom. The molecule has 2 aromatic rings. The highest BCUT2D eigenvalue weighted by Gasteiger charge is 2.18. The van der Waals surface area contributed by atoms with Crippen LogP contribution in [0.4, 0.5) is 13.2 Å². The van der Waals surface area contributed by atoms with Crippen LogP contribution in [0.5, 0.6) is 0 Å². The Morgan fingerprint density at radius 3 is 2.32 bits per heavy atom. The molecule has 0 heterocycles. The molecule has 0 radical (unpaired) electrons. The molecule has 0 amide bonds. The SMILES string of the molecule is NNC(c1ccc(F)c(Cl)c1)c1ccc(F)cc1F. The lowest BCUT2D eigenvalue weighted by atomic mass is 9.98. The van der Waals surface area contributed by atoms with Crippen molar-refractivity contribution in [3.63, 3.8) is 0 Å². The van der Waals surface area contributed by atoms with Crippen LogP contribution >= 0.6 is 11.6 Å². The first-order chi connectivity index (χ1) is 9.02. The number of hydrazine groups is 1. The van der Waals surface area contributed by atoms with Gasteiger partial charge in [-0.25, -0.2) is 18.6 Å². The second kappa shape index (κ2) is 5.61. The number of hydrogen-bond acceptors (Lipinski definition) is 2. The molecule has 0 bridgehead atoms. The fourth-order valence-electron chi connectivity index (χ4n) is 1.79. The molecule has 0 fully saturated rings. The second-order valence-corrected chi connectivity index (χ2v) is 4.35. The van der Waals surface area contributed by atoms with Gasteiger partial charge in [-0.15, -0.1) is 0 Å². The number of halogens is 4. The van der Waals surface area contributed by atoms with E-state index in [0.29, 0.717) is 5.56 Å². The maximum atomic E-state index is 13.7. The van der Waals surface area contributed by atoms with Crippen molar-refractivity contribution in [2.45, 2.75) is 6.04 Å². The second-order valence-electron chi connectivity index (χ2n) is 3.94. The molecule has 2 nitrogen and oxygen atoms in total. The maximum Gasteiger partial charge on any atom is 0.141 e. The highest BCUT2D eigenvalue weighted by Crippen LogP contribution is 2.27. The van der Waals surface area contributed by atoms with Gasteiger partial charge < -0.3 is 0 Å². The van der Waals surface area contributed by atoms with Crippen molar-refractivity contribution >= 4 is 11.6 Å². The first kappa shape index (κ1) is 13.9. The van der Waals surface area contributed by atoms with Crippen LogP contribution in [0.15, 0.2) is 36.4 Å². The molecule has 2 aromatic carbocycles. The van der Waals surface area contributed by atoms with Crippen LogP contribution in [0, 0.1) is 17.5 Å². The van der Waals surface area contributed by atoms with E-state index in [1.54, 1.807) is 0 Å². The van der Waals surface area contributed by atoms with Crippen LogP contribution in [0.3, 0.4) is 0 Å². The van der Waals surface area contributed by atoms with E-state index in [0.717, 1.165) is 18.2 Å². The third kappa shape index (κ3) is 2.89. The van der Waals surface area contributed by atoms with Crippen molar-refractivity contribution in [1.29, 1.82) is 0 Å². The summed E-state index contributed by atoms with van der Waals surface area (Å²) < 4.78 is 39.7. The van der Waals surface area contributed by atoms with Gasteiger partial charge in [0.2, 0.25) is 0 Å². The lowest BCUT2D eigenvalue weighted by molar-refractivity contribution is 0.541. The van der Waals surface area contributed by atoms with Gasteiger partial charge in [0.05, 0.1) is 11.1 Å². The largest absolute Gasteiger partial charge is 0.271 e. The molecule has 0 saturated carbocycles. The minimum Gasteiger partial charge on any atom is -0.271 e. The Kier molecular flexibility index (Phi) is 4.09. The zero-order valence-electron chi connectivity index (χ0n) is 9.63. The summed E-state index contributed by atoms with van der Waals surface area (Å²) in [5, 5.41) is -0.0970. The summed E-state index contributed by atoms with van der Waals surface area (Å²) >= 11 is 5.67.